The van der Waals surface area contributed by atoms with E-state index in [1.165, 1.54) is 11.0 Å². The van der Waals surface area contributed by atoms with Crippen LogP contribution in [0, 0.1) is 0 Å². The van der Waals surface area contributed by atoms with E-state index >= 15 is 0 Å². The number of halogens is 3. The number of nitrogens with zero attached hydrogens (tertiary/aromatic N) is 1. The van der Waals surface area contributed by atoms with E-state index in [1.807, 2.05) is 19.1 Å². The lowest BCUT2D eigenvalue weighted by Crippen LogP contribution is -2.47. The molecule has 0 spiro atoms. The third-order valence-corrected chi connectivity index (χ3v) is 5.20. The van der Waals surface area contributed by atoms with E-state index in [0.717, 1.165) is 11.0 Å². The van der Waals surface area contributed by atoms with Gasteiger partial charge in [0, 0.05) is 11.1 Å². The molecule has 0 aliphatic carbocycles. The Morgan fingerprint density at radius 2 is 1.95 bits per heavy atom. The van der Waals surface area contributed by atoms with Crippen molar-refractivity contribution in [2.45, 2.75) is 23.2 Å². The Bertz CT molecular complexity index is 710. The molecule has 0 aromatic heterocycles. The third kappa shape index (κ3) is 3.77. The fourth-order valence-corrected chi connectivity index (χ4v) is 3.88. The zero-order chi connectivity index (χ0) is 16.5. The molecule has 120 valence electrons. The van der Waals surface area contributed by atoms with Crippen LogP contribution in [0.25, 0.3) is 0 Å². The number of aryl methyl sites for hydroxylation is 1. The van der Waals surface area contributed by atoms with E-state index in [1.54, 1.807) is 12.1 Å². The summed E-state index contributed by atoms with van der Waals surface area (Å²) in [6.45, 7) is 1.93. The van der Waals surface area contributed by atoms with Gasteiger partial charge in [-0.15, -0.1) is 0 Å². The topological polar surface area (TPSA) is 54.5 Å². The van der Waals surface area contributed by atoms with Gasteiger partial charge >= 0.3 is 0 Å². The highest BCUT2D eigenvalue weighted by Gasteiger charge is 2.41. The van der Waals surface area contributed by atoms with E-state index in [0.29, 0.717) is 12.1 Å². The number of alkyl halides is 3. The molecule has 2 rings (SSSR count). The number of benzene rings is 1. The molecule has 0 fully saturated rings. The van der Waals surface area contributed by atoms with Crippen molar-refractivity contribution in [2.24, 2.45) is 0 Å². The van der Waals surface area contributed by atoms with Crippen molar-refractivity contribution in [2.75, 3.05) is 10.7 Å². The van der Waals surface area contributed by atoms with Gasteiger partial charge in [-0.3, -0.25) is 4.79 Å². The fraction of sp³-hybridized carbons (Fsp3) is 0.357. The zero-order valence-corrected chi connectivity index (χ0v) is 14.8. The largest absolute Gasteiger partial charge is 0.300 e. The lowest BCUT2D eigenvalue weighted by molar-refractivity contribution is -0.118. The Labute approximate surface area is 144 Å². The van der Waals surface area contributed by atoms with Crippen LogP contribution in [0.1, 0.15) is 12.5 Å². The molecular formula is C14H14Cl3NO3S. The van der Waals surface area contributed by atoms with Crippen LogP contribution < -0.4 is 4.90 Å². The quantitative estimate of drug-likeness (QED) is 0.754. The normalized spacial score (nSPS) is 20.1. The van der Waals surface area contributed by atoms with Gasteiger partial charge in [-0.1, -0.05) is 59.9 Å². The van der Waals surface area contributed by atoms with Gasteiger partial charge in [0.25, 0.3) is 9.70 Å². The molecule has 0 saturated carbocycles. The number of rotatable bonds is 3. The van der Waals surface area contributed by atoms with Crippen molar-refractivity contribution < 1.29 is 13.2 Å². The summed E-state index contributed by atoms with van der Waals surface area (Å²) in [5.41, 5.74) is 1.41. The average Bonchev–Trinajstić information content (AvgIpc) is 2.78. The molecule has 1 heterocycles. The minimum absolute atomic E-state index is 0.225. The highest BCUT2D eigenvalue weighted by molar-refractivity contribution is 7.94. The SMILES string of the molecule is CCc1ccccc1N(C(=O)C(Cl)(Cl)Cl)C1C=CS(=O)(=O)C1. The van der Waals surface area contributed by atoms with Crippen molar-refractivity contribution in [3.63, 3.8) is 0 Å². The molecule has 1 aromatic carbocycles. The van der Waals surface area contributed by atoms with E-state index in [9.17, 15) is 13.2 Å². The summed E-state index contributed by atoms with van der Waals surface area (Å²) < 4.78 is 21.2. The number of anilines is 1. The highest BCUT2D eigenvalue weighted by atomic mass is 35.6. The van der Waals surface area contributed by atoms with E-state index in [2.05, 4.69) is 0 Å². The highest BCUT2D eigenvalue weighted by Crippen LogP contribution is 2.35. The van der Waals surface area contributed by atoms with Crippen molar-refractivity contribution in [1.82, 2.24) is 0 Å². The molecule has 1 unspecified atom stereocenters. The first-order valence-electron chi connectivity index (χ1n) is 6.55. The number of para-hydroxylation sites is 1. The summed E-state index contributed by atoms with van der Waals surface area (Å²) in [7, 11) is -3.35. The third-order valence-electron chi connectivity index (χ3n) is 3.34. The van der Waals surface area contributed by atoms with Gasteiger partial charge in [0.05, 0.1) is 11.8 Å². The first-order chi connectivity index (χ1) is 10.2. The number of hydrogen-bond donors (Lipinski definition) is 0. The van der Waals surface area contributed by atoms with Gasteiger partial charge in [0.1, 0.15) is 0 Å². The Hall–Kier alpha value is -0.750. The molecule has 0 bridgehead atoms. The van der Waals surface area contributed by atoms with Crippen LogP contribution >= 0.6 is 34.8 Å². The van der Waals surface area contributed by atoms with Crippen LogP contribution in [0.15, 0.2) is 35.7 Å². The summed E-state index contributed by atoms with van der Waals surface area (Å²) >= 11 is 17.2. The van der Waals surface area contributed by atoms with Gasteiger partial charge in [-0.05, 0) is 24.1 Å². The van der Waals surface area contributed by atoms with Crippen molar-refractivity contribution in [3.8, 4) is 0 Å². The Kier molecular flexibility index (Phi) is 5.12. The fourth-order valence-electron chi connectivity index (χ4n) is 2.34. The number of carbonyl (C=O) groups excluding carboxylic acids is 1. The Morgan fingerprint density at radius 3 is 2.45 bits per heavy atom. The van der Waals surface area contributed by atoms with Crippen molar-refractivity contribution in [1.29, 1.82) is 0 Å². The summed E-state index contributed by atoms with van der Waals surface area (Å²) in [4.78, 5) is 13.8. The smallest absolute Gasteiger partial charge is 0.279 e. The molecule has 22 heavy (non-hydrogen) atoms. The molecule has 4 nitrogen and oxygen atoms in total. The molecular weight excluding hydrogens is 369 g/mol. The summed E-state index contributed by atoms with van der Waals surface area (Å²) in [6.07, 6.45) is 2.10. The monoisotopic (exact) mass is 381 g/mol. The predicted molar refractivity (Wildman–Crippen MR) is 90.3 cm³/mol. The first-order valence-corrected chi connectivity index (χ1v) is 9.40. The maximum absolute atomic E-state index is 12.5. The summed E-state index contributed by atoms with van der Waals surface area (Å²) in [6, 6.07) is 6.45. The Morgan fingerprint density at radius 1 is 1.32 bits per heavy atom. The molecule has 1 aromatic rings. The maximum Gasteiger partial charge on any atom is 0.279 e. The number of hydrogen-bond acceptors (Lipinski definition) is 3. The van der Waals surface area contributed by atoms with E-state index in [-0.39, 0.29) is 5.75 Å². The number of sulfone groups is 1. The van der Waals surface area contributed by atoms with E-state index in [4.69, 9.17) is 34.8 Å². The second kappa shape index (κ2) is 6.40. The molecule has 0 saturated heterocycles. The van der Waals surface area contributed by atoms with Gasteiger partial charge in [-0.2, -0.15) is 0 Å². The minimum Gasteiger partial charge on any atom is -0.300 e. The molecule has 0 N–H and O–H groups in total. The minimum atomic E-state index is -3.35. The van der Waals surface area contributed by atoms with Crippen LogP contribution in [0.5, 0.6) is 0 Å². The van der Waals surface area contributed by atoms with Crippen LogP contribution in [0.3, 0.4) is 0 Å². The zero-order valence-electron chi connectivity index (χ0n) is 11.7. The first kappa shape index (κ1) is 17.6. The van der Waals surface area contributed by atoms with E-state index < -0.39 is 25.6 Å². The second-order valence-corrected chi connectivity index (χ2v) is 9.09. The lowest BCUT2D eigenvalue weighted by atomic mass is 10.1. The van der Waals surface area contributed by atoms with Gasteiger partial charge in [0.2, 0.25) is 0 Å². The molecule has 1 atom stereocenters. The number of carbonyl (C=O) groups is 1. The second-order valence-electron chi connectivity index (χ2n) is 4.88. The van der Waals surface area contributed by atoms with Crippen molar-refractivity contribution >= 4 is 56.2 Å². The molecule has 1 aliphatic heterocycles. The van der Waals surface area contributed by atoms with Crippen LogP contribution in [0.4, 0.5) is 5.69 Å². The standard InChI is InChI=1S/C14H14Cl3NO3S/c1-2-10-5-3-4-6-12(10)18(13(19)14(15,16)17)11-7-8-22(20,21)9-11/h3-8,11H,2,9H2,1H3. The predicted octanol–water partition coefficient (Wildman–Crippen LogP) is 3.26. The van der Waals surface area contributed by atoms with Crippen LogP contribution in [-0.2, 0) is 21.1 Å². The van der Waals surface area contributed by atoms with Crippen LogP contribution in [0.2, 0.25) is 0 Å². The van der Waals surface area contributed by atoms with Gasteiger partial charge in [-0.25, -0.2) is 8.42 Å². The van der Waals surface area contributed by atoms with Gasteiger partial charge < -0.3 is 4.90 Å². The Balaban J connectivity index is 2.52. The molecule has 8 heteroatoms. The maximum atomic E-state index is 12.5. The number of amides is 1. The summed E-state index contributed by atoms with van der Waals surface area (Å²) in [5.74, 6) is -0.998. The van der Waals surface area contributed by atoms with Crippen molar-refractivity contribution in [3.05, 3.63) is 41.3 Å². The molecule has 1 amide bonds. The summed E-state index contributed by atoms with van der Waals surface area (Å²) in [5, 5.41) is 1.09. The van der Waals surface area contributed by atoms with Crippen LogP contribution in [-0.4, -0.2) is 29.9 Å². The van der Waals surface area contributed by atoms with Gasteiger partial charge in [0.15, 0.2) is 9.84 Å². The lowest BCUT2D eigenvalue weighted by Gasteiger charge is -2.31. The average molecular weight is 383 g/mol. The molecule has 1 aliphatic rings. The molecule has 0 radical (unpaired) electrons.